The molecule has 106 valence electrons. The Morgan fingerprint density at radius 2 is 1.90 bits per heavy atom. The maximum absolute atomic E-state index is 6.00. The van der Waals surface area contributed by atoms with Gasteiger partial charge in [-0.1, -0.05) is 42.8 Å². The van der Waals surface area contributed by atoms with Crippen LogP contribution in [0.5, 0.6) is 5.75 Å². The molecule has 0 aliphatic carbocycles. The highest BCUT2D eigenvalue weighted by Gasteiger charge is 2.08. The zero-order chi connectivity index (χ0) is 14.4. The van der Waals surface area contributed by atoms with E-state index in [-0.39, 0.29) is 0 Å². The summed E-state index contributed by atoms with van der Waals surface area (Å²) in [5, 5.41) is 4.35. The number of hydrogen-bond acceptors (Lipinski definition) is 2. The Bertz CT molecular complexity index is 539. The van der Waals surface area contributed by atoms with Crippen molar-refractivity contribution >= 4 is 11.6 Å². The van der Waals surface area contributed by atoms with Crippen molar-refractivity contribution in [2.75, 3.05) is 7.11 Å². The molecular weight excluding hydrogens is 270 g/mol. The molecule has 0 amide bonds. The zero-order valence-electron chi connectivity index (χ0n) is 11.9. The molecule has 0 aliphatic rings. The third kappa shape index (κ3) is 3.99. The Labute approximate surface area is 125 Å². The number of halogens is 1. The van der Waals surface area contributed by atoms with Gasteiger partial charge in [0.05, 0.1) is 7.11 Å². The highest BCUT2D eigenvalue weighted by molar-refractivity contribution is 6.30. The second-order valence-electron chi connectivity index (χ2n) is 4.74. The Balaban J connectivity index is 2.01. The van der Waals surface area contributed by atoms with Gasteiger partial charge in [0.15, 0.2) is 0 Å². The van der Waals surface area contributed by atoms with Crippen LogP contribution in [0.2, 0.25) is 5.02 Å². The van der Waals surface area contributed by atoms with Crippen LogP contribution in [0.4, 0.5) is 0 Å². The number of nitrogens with one attached hydrogen (secondary N) is 1. The lowest BCUT2D eigenvalue weighted by atomic mass is 10.0. The minimum Gasteiger partial charge on any atom is -0.497 e. The van der Waals surface area contributed by atoms with Crippen LogP contribution in [0, 0.1) is 0 Å². The number of hydrogen-bond donors (Lipinski definition) is 1. The van der Waals surface area contributed by atoms with Gasteiger partial charge in [-0.25, -0.2) is 0 Å². The monoisotopic (exact) mass is 289 g/mol. The lowest BCUT2D eigenvalue weighted by molar-refractivity contribution is 0.414. The minimum atomic E-state index is 0.333. The Kier molecular flexibility index (Phi) is 5.45. The van der Waals surface area contributed by atoms with E-state index in [0.29, 0.717) is 6.04 Å². The highest BCUT2D eigenvalue weighted by atomic mass is 35.5. The summed E-state index contributed by atoms with van der Waals surface area (Å²) in [6.07, 6.45) is 1.03. The standard InChI is InChI=1S/C17H20ClNO/c1-3-17(14-7-9-16(20-2)10-8-14)19-12-13-5-4-6-15(18)11-13/h4-11,17,19H,3,12H2,1-2H3. The van der Waals surface area contributed by atoms with Crippen LogP contribution in [-0.4, -0.2) is 7.11 Å². The topological polar surface area (TPSA) is 21.3 Å². The van der Waals surface area contributed by atoms with Crippen molar-refractivity contribution in [1.29, 1.82) is 0 Å². The van der Waals surface area contributed by atoms with Crippen LogP contribution in [0.15, 0.2) is 48.5 Å². The molecule has 0 fully saturated rings. The molecule has 0 saturated carbocycles. The number of benzene rings is 2. The van der Waals surface area contributed by atoms with Crippen molar-refractivity contribution in [2.24, 2.45) is 0 Å². The zero-order valence-corrected chi connectivity index (χ0v) is 12.7. The molecule has 2 aromatic rings. The molecule has 1 unspecified atom stereocenters. The predicted octanol–water partition coefficient (Wildman–Crippen LogP) is 4.59. The minimum absolute atomic E-state index is 0.333. The predicted molar refractivity (Wildman–Crippen MR) is 84.3 cm³/mol. The molecule has 3 heteroatoms. The molecule has 0 aliphatic heterocycles. The van der Waals surface area contributed by atoms with E-state index in [1.54, 1.807) is 7.11 Å². The van der Waals surface area contributed by atoms with E-state index in [9.17, 15) is 0 Å². The van der Waals surface area contributed by atoms with Gasteiger partial charge in [-0.05, 0) is 41.8 Å². The highest BCUT2D eigenvalue weighted by Crippen LogP contribution is 2.21. The van der Waals surface area contributed by atoms with Gasteiger partial charge in [0, 0.05) is 17.6 Å². The lowest BCUT2D eigenvalue weighted by Gasteiger charge is -2.18. The molecule has 1 atom stereocenters. The Hall–Kier alpha value is -1.51. The van der Waals surface area contributed by atoms with Gasteiger partial charge in [0.1, 0.15) is 5.75 Å². The van der Waals surface area contributed by atoms with Crippen LogP contribution < -0.4 is 10.1 Å². The molecule has 0 spiro atoms. The first-order chi connectivity index (χ1) is 9.72. The van der Waals surface area contributed by atoms with Gasteiger partial charge in [-0.15, -0.1) is 0 Å². The normalized spacial score (nSPS) is 12.2. The fourth-order valence-corrected chi connectivity index (χ4v) is 2.43. The number of methoxy groups -OCH3 is 1. The van der Waals surface area contributed by atoms with Gasteiger partial charge in [-0.3, -0.25) is 0 Å². The van der Waals surface area contributed by atoms with Crippen LogP contribution in [-0.2, 0) is 6.54 Å². The van der Waals surface area contributed by atoms with E-state index >= 15 is 0 Å². The van der Waals surface area contributed by atoms with Crippen LogP contribution in [0.1, 0.15) is 30.5 Å². The Morgan fingerprint density at radius 1 is 1.15 bits per heavy atom. The first-order valence-corrected chi connectivity index (χ1v) is 7.22. The van der Waals surface area contributed by atoms with E-state index in [4.69, 9.17) is 16.3 Å². The molecule has 0 radical (unpaired) electrons. The van der Waals surface area contributed by atoms with Gasteiger partial charge < -0.3 is 10.1 Å². The summed E-state index contributed by atoms with van der Waals surface area (Å²) in [5.74, 6) is 0.887. The van der Waals surface area contributed by atoms with Crippen molar-refractivity contribution in [1.82, 2.24) is 5.32 Å². The molecule has 0 aromatic heterocycles. The van der Waals surface area contributed by atoms with E-state index in [0.717, 1.165) is 23.7 Å². The maximum atomic E-state index is 6.00. The third-order valence-electron chi connectivity index (χ3n) is 3.37. The summed E-state index contributed by atoms with van der Waals surface area (Å²) >= 11 is 6.00. The van der Waals surface area contributed by atoms with Crippen molar-refractivity contribution in [3.8, 4) is 5.75 Å². The van der Waals surface area contributed by atoms with Gasteiger partial charge >= 0.3 is 0 Å². The summed E-state index contributed by atoms with van der Waals surface area (Å²) in [5.41, 5.74) is 2.47. The quantitative estimate of drug-likeness (QED) is 0.840. The molecule has 20 heavy (non-hydrogen) atoms. The van der Waals surface area contributed by atoms with Gasteiger partial charge in [0.2, 0.25) is 0 Å². The second-order valence-corrected chi connectivity index (χ2v) is 5.18. The number of rotatable bonds is 6. The molecule has 2 aromatic carbocycles. The summed E-state index contributed by atoms with van der Waals surface area (Å²) in [6.45, 7) is 2.99. The molecule has 2 nitrogen and oxygen atoms in total. The first-order valence-electron chi connectivity index (χ1n) is 6.84. The summed E-state index contributed by atoms with van der Waals surface area (Å²) in [4.78, 5) is 0. The van der Waals surface area contributed by atoms with Crippen molar-refractivity contribution in [3.63, 3.8) is 0 Å². The van der Waals surface area contributed by atoms with E-state index in [1.165, 1.54) is 11.1 Å². The lowest BCUT2D eigenvalue weighted by Crippen LogP contribution is -2.20. The largest absolute Gasteiger partial charge is 0.497 e. The van der Waals surface area contributed by atoms with Crippen LogP contribution in [0.3, 0.4) is 0 Å². The third-order valence-corrected chi connectivity index (χ3v) is 3.60. The maximum Gasteiger partial charge on any atom is 0.118 e. The molecule has 0 saturated heterocycles. The molecule has 2 rings (SSSR count). The van der Waals surface area contributed by atoms with Gasteiger partial charge in [0.25, 0.3) is 0 Å². The van der Waals surface area contributed by atoms with Crippen molar-refractivity contribution < 1.29 is 4.74 Å². The molecular formula is C17H20ClNO. The average molecular weight is 290 g/mol. The summed E-state index contributed by atoms with van der Waals surface area (Å²) < 4.78 is 5.19. The average Bonchev–Trinajstić information content (AvgIpc) is 2.48. The second kappa shape index (κ2) is 7.32. The summed E-state index contributed by atoms with van der Waals surface area (Å²) in [6, 6.07) is 16.5. The summed E-state index contributed by atoms with van der Waals surface area (Å²) in [7, 11) is 1.68. The smallest absolute Gasteiger partial charge is 0.118 e. The van der Waals surface area contributed by atoms with Crippen LogP contribution >= 0.6 is 11.6 Å². The molecule has 0 bridgehead atoms. The molecule has 0 heterocycles. The van der Waals surface area contributed by atoms with E-state index in [1.807, 2.05) is 30.3 Å². The van der Waals surface area contributed by atoms with Gasteiger partial charge in [-0.2, -0.15) is 0 Å². The molecule has 1 N–H and O–H groups in total. The number of ether oxygens (including phenoxy) is 1. The fraction of sp³-hybridized carbons (Fsp3) is 0.294. The van der Waals surface area contributed by atoms with Crippen LogP contribution in [0.25, 0.3) is 0 Å². The van der Waals surface area contributed by atoms with E-state index in [2.05, 4.69) is 30.4 Å². The fourth-order valence-electron chi connectivity index (χ4n) is 2.22. The first kappa shape index (κ1) is 14.9. The van der Waals surface area contributed by atoms with E-state index < -0.39 is 0 Å². The van der Waals surface area contributed by atoms with Crippen molar-refractivity contribution in [3.05, 3.63) is 64.7 Å². The van der Waals surface area contributed by atoms with Crippen molar-refractivity contribution in [2.45, 2.75) is 25.9 Å². The SMILES string of the molecule is CCC(NCc1cccc(Cl)c1)c1ccc(OC)cc1. The Morgan fingerprint density at radius 3 is 2.50 bits per heavy atom.